The van der Waals surface area contributed by atoms with E-state index in [0.717, 1.165) is 44.4 Å². The summed E-state index contributed by atoms with van der Waals surface area (Å²) >= 11 is 1.85. The summed E-state index contributed by atoms with van der Waals surface area (Å²) in [6.07, 6.45) is 0. The van der Waals surface area contributed by atoms with Crippen molar-refractivity contribution in [2.75, 3.05) is 4.90 Å². The van der Waals surface area contributed by atoms with E-state index >= 15 is 0 Å². The van der Waals surface area contributed by atoms with Crippen molar-refractivity contribution in [2.45, 2.75) is 5.41 Å². The fourth-order valence-electron chi connectivity index (χ4n) is 9.54. The van der Waals surface area contributed by atoms with Crippen LogP contribution in [0.15, 0.2) is 205 Å². The SMILES string of the molecule is c1ccc(C2(c3ccccc3)c3ccccc3-c3cc(N(c4ccc5c(c4)sc4ccccc45)c4cccc5c4oc4c6ccccc6ccc54)ccc32)cc1. The second kappa shape index (κ2) is 12.0. The van der Waals surface area contributed by atoms with Gasteiger partial charge in [0, 0.05) is 47.7 Å². The van der Waals surface area contributed by atoms with Crippen molar-refractivity contribution in [3.63, 3.8) is 0 Å². The van der Waals surface area contributed by atoms with Crippen molar-refractivity contribution in [2.24, 2.45) is 0 Å². The molecule has 1 aliphatic carbocycles. The van der Waals surface area contributed by atoms with E-state index in [4.69, 9.17) is 4.42 Å². The lowest BCUT2D eigenvalue weighted by Crippen LogP contribution is -2.28. The van der Waals surface area contributed by atoms with Gasteiger partial charge >= 0.3 is 0 Å². The van der Waals surface area contributed by atoms with Crippen LogP contribution >= 0.6 is 11.3 Å². The van der Waals surface area contributed by atoms with Crippen molar-refractivity contribution in [3.05, 3.63) is 222 Å². The molecule has 0 saturated carbocycles. The van der Waals surface area contributed by atoms with E-state index in [2.05, 4.69) is 205 Å². The molecule has 0 atom stereocenters. The molecule has 2 heterocycles. The number of thiophene rings is 1. The van der Waals surface area contributed by atoms with Crippen LogP contribution in [0.5, 0.6) is 0 Å². The fraction of sp³-hybridized carbons (Fsp3) is 0.0189. The predicted octanol–water partition coefficient (Wildman–Crippen LogP) is 14.9. The lowest BCUT2D eigenvalue weighted by Gasteiger charge is -2.34. The summed E-state index contributed by atoms with van der Waals surface area (Å²) in [5, 5.41) is 7.10. The molecule has 2 aromatic heterocycles. The summed E-state index contributed by atoms with van der Waals surface area (Å²) in [7, 11) is 0. The second-order valence-electron chi connectivity index (χ2n) is 14.8. The van der Waals surface area contributed by atoms with Gasteiger partial charge in [-0.05, 0) is 81.2 Å². The minimum absolute atomic E-state index is 0.465. The molecule has 56 heavy (non-hydrogen) atoms. The molecule has 0 amide bonds. The summed E-state index contributed by atoms with van der Waals surface area (Å²) in [6, 6.07) is 73.2. The first-order chi connectivity index (χ1) is 27.8. The maximum atomic E-state index is 7.01. The summed E-state index contributed by atoms with van der Waals surface area (Å²) in [6.45, 7) is 0. The molecule has 0 fully saturated rings. The standard InChI is InChI=1S/C53H33NOS/c1-3-15-35(16-4-1)53(36-17-5-2-6-18-36)46-23-11-9-20-40(46)45-32-37(28-31-47(45)53)54(38-27-30-42-41-21-10-12-25-49(41)56-50(42)33-38)48-24-13-22-43-44-29-26-34-14-7-8-19-39(34)51(44)55-52(43)48/h1-33H. The number of fused-ring (bicyclic) bond motifs is 11. The number of benzene rings is 9. The molecule has 0 N–H and O–H groups in total. The van der Waals surface area contributed by atoms with Crippen LogP contribution in [0, 0.1) is 0 Å². The number of hydrogen-bond acceptors (Lipinski definition) is 3. The first kappa shape index (κ1) is 31.4. The monoisotopic (exact) mass is 731 g/mol. The molecular formula is C53H33NOS. The second-order valence-corrected chi connectivity index (χ2v) is 15.9. The van der Waals surface area contributed by atoms with Crippen molar-refractivity contribution in [1.29, 1.82) is 0 Å². The fourth-order valence-corrected chi connectivity index (χ4v) is 10.7. The molecule has 2 nitrogen and oxygen atoms in total. The van der Waals surface area contributed by atoms with Crippen LogP contribution in [-0.4, -0.2) is 0 Å². The van der Waals surface area contributed by atoms with Crippen molar-refractivity contribution in [1.82, 2.24) is 0 Å². The van der Waals surface area contributed by atoms with E-state index in [1.54, 1.807) is 0 Å². The minimum atomic E-state index is -0.465. The molecule has 9 aromatic carbocycles. The number of furan rings is 1. The summed E-state index contributed by atoms with van der Waals surface area (Å²) in [5.41, 5.74) is 12.1. The van der Waals surface area contributed by atoms with E-state index in [1.807, 2.05) is 11.3 Å². The average Bonchev–Trinajstić information content (AvgIpc) is 3.93. The Balaban J connectivity index is 1.15. The molecule has 0 aliphatic heterocycles. The van der Waals surface area contributed by atoms with Crippen molar-refractivity contribution < 1.29 is 4.42 Å². The van der Waals surface area contributed by atoms with Crippen LogP contribution in [-0.2, 0) is 5.41 Å². The summed E-state index contributed by atoms with van der Waals surface area (Å²) in [5.74, 6) is 0. The minimum Gasteiger partial charge on any atom is -0.453 e. The molecular weight excluding hydrogens is 699 g/mol. The Kier molecular flexibility index (Phi) is 6.75. The topological polar surface area (TPSA) is 16.4 Å². The summed E-state index contributed by atoms with van der Waals surface area (Å²) in [4.78, 5) is 2.41. The third-order valence-corrected chi connectivity index (χ3v) is 13.1. The molecule has 0 spiro atoms. The Morgan fingerprint density at radius 3 is 1.84 bits per heavy atom. The van der Waals surface area contributed by atoms with Gasteiger partial charge in [0.05, 0.1) is 11.1 Å². The van der Waals surface area contributed by atoms with Gasteiger partial charge in [0.15, 0.2) is 5.58 Å². The van der Waals surface area contributed by atoms with Gasteiger partial charge < -0.3 is 9.32 Å². The Morgan fingerprint density at radius 2 is 1.00 bits per heavy atom. The normalized spacial score (nSPS) is 13.1. The molecule has 11 aromatic rings. The van der Waals surface area contributed by atoms with E-state index in [9.17, 15) is 0 Å². The van der Waals surface area contributed by atoms with Crippen LogP contribution in [0.25, 0.3) is 64.0 Å². The Bertz CT molecular complexity index is 3280. The highest BCUT2D eigenvalue weighted by Gasteiger charge is 2.46. The number of para-hydroxylation sites is 1. The zero-order chi connectivity index (χ0) is 36.8. The predicted molar refractivity (Wildman–Crippen MR) is 236 cm³/mol. The van der Waals surface area contributed by atoms with Gasteiger partial charge in [-0.1, -0.05) is 158 Å². The van der Waals surface area contributed by atoms with Crippen LogP contribution < -0.4 is 4.90 Å². The van der Waals surface area contributed by atoms with E-state index in [0.29, 0.717) is 0 Å². The highest BCUT2D eigenvalue weighted by Crippen LogP contribution is 2.57. The summed E-state index contributed by atoms with van der Waals surface area (Å²) < 4.78 is 9.57. The third-order valence-electron chi connectivity index (χ3n) is 11.9. The number of hydrogen-bond donors (Lipinski definition) is 0. The van der Waals surface area contributed by atoms with Crippen LogP contribution in [0.1, 0.15) is 22.3 Å². The average molecular weight is 732 g/mol. The molecule has 0 bridgehead atoms. The lowest BCUT2D eigenvalue weighted by molar-refractivity contribution is 0.673. The zero-order valence-electron chi connectivity index (χ0n) is 30.3. The maximum Gasteiger partial charge on any atom is 0.159 e. The van der Waals surface area contributed by atoms with Gasteiger partial charge in [-0.2, -0.15) is 0 Å². The van der Waals surface area contributed by atoms with E-state index < -0.39 is 5.41 Å². The van der Waals surface area contributed by atoms with Gasteiger partial charge in [0.2, 0.25) is 0 Å². The van der Waals surface area contributed by atoms with Crippen LogP contribution in [0.4, 0.5) is 17.1 Å². The quantitative estimate of drug-likeness (QED) is 0.175. The zero-order valence-corrected chi connectivity index (χ0v) is 31.1. The highest BCUT2D eigenvalue weighted by molar-refractivity contribution is 7.25. The first-order valence-electron chi connectivity index (χ1n) is 19.2. The Morgan fingerprint density at radius 1 is 0.393 bits per heavy atom. The Hall–Kier alpha value is -6.94. The third kappa shape index (κ3) is 4.38. The number of nitrogens with zero attached hydrogens (tertiary/aromatic N) is 1. The van der Waals surface area contributed by atoms with Crippen molar-refractivity contribution in [3.8, 4) is 11.1 Å². The lowest BCUT2D eigenvalue weighted by atomic mass is 9.68. The molecule has 0 radical (unpaired) electrons. The maximum absolute atomic E-state index is 7.01. The van der Waals surface area contributed by atoms with E-state index in [1.165, 1.54) is 58.9 Å². The molecule has 1 aliphatic rings. The molecule has 0 unspecified atom stereocenters. The van der Waals surface area contributed by atoms with Gasteiger partial charge in [0.25, 0.3) is 0 Å². The van der Waals surface area contributed by atoms with Gasteiger partial charge in [-0.3, -0.25) is 0 Å². The van der Waals surface area contributed by atoms with Crippen LogP contribution in [0.3, 0.4) is 0 Å². The van der Waals surface area contributed by atoms with Gasteiger partial charge in [0.1, 0.15) is 5.58 Å². The van der Waals surface area contributed by atoms with Crippen molar-refractivity contribution >= 4 is 81.3 Å². The van der Waals surface area contributed by atoms with Gasteiger partial charge in [-0.25, -0.2) is 0 Å². The number of anilines is 3. The molecule has 0 saturated heterocycles. The Labute approximate surface area is 328 Å². The molecule has 12 rings (SSSR count). The molecule has 3 heteroatoms. The first-order valence-corrected chi connectivity index (χ1v) is 20.0. The highest BCUT2D eigenvalue weighted by atomic mass is 32.1. The van der Waals surface area contributed by atoms with E-state index in [-0.39, 0.29) is 0 Å². The number of rotatable bonds is 5. The largest absolute Gasteiger partial charge is 0.453 e. The van der Waals surface area contributed by atoms with Gasteiger partial charge in [-0.15, -0.1) is 11.3 Å². The smallest absolute Gasteiger partial charge is 0.159 e. The van der Waals surface area contributed by atoms with Crippen LogP contribution in [0.2, 0.25) is 0 Å². The molecule has 262 valence electrons.